The third kappa shape index (κ3) is 8.50. The third-order valence-electron chi connectivity index (χ3n) is 7.03. The van der Waals surface area contributed by atoms with Crippen LogP contribution in [0.1, 0.15) is 54.4 Å². The quantitative estimate of drug-likeness (QED) is 0.326. The standard InChI is InChI=1S/C32H38N2O2S/c1-25-17-19-28(20-18-25)23-37-24-31(35)34(22-27-13-7-3-8-14-27)30(21-26-11-5-2-6-12-26)32(36)33-29-15-9-4-10-16-29/h2-3,5-8,11-14,17-20,29-30H,4,9-10,15-16,21-24H2,1H3,(H,33,36)/t30-/m0/s1. The lowest BCUT2D eigenvalue weighted by atomic mass is 9.94. The maximum Gasteiger partial charge on any atom is 0.243 e. The van der Waals surface area contributed by atoms with E-state index in [-0.39, 0.29) is 17.9 Å². The van der Waals surface area contributed by atoms with Crippen LogP contribution in [-0.4, -0.2) is 34.6 Å². The van der Waals surface area contributed by atoms with Gasteiger partial charge in [-0.15, -0.1) is 11.8 Å². The Hall–Kier alpha value is -3.05. The van der Waals surface area contributed by atoms with Crippen LogP contribution in [0.15, 0.2) is 84.9 Å². The fourth-order valence-corrected chi connectivity index (χ4v) is 5.77. The lowest BCUT2D eigenvalue weighted by molar-refractivity contribution is -0.139. The number of thioether (sulfide) groups is 1. The monoisotopic (exact) mass is 514 g/mol. The van der Waals surface area contributed by atoms with Crippen molar-refractivity contribution < 1.29 is 9.59 Å². The van der Waals surface area contributed by atoms with Crippen LogP contribution in [0, 0.1) is 6.92 Å². The van der Waals surface area contributed by atoms with Crippen molar-refractivity contribution in [3.63, 3.8) is 0 Å². The number of carbonyl (C=O) groups is 2. The molecule has 4 nitrogen and oxygen atoms in total. The number of benzene rings is 3. The molecule has 1 aliphatic rings. The fraction of sp³-hybridized carbons (Fsp3) is 0.375. The molecule has 0 aromatic heterocycles. The van der Waals surface area contributed by atoms with Crippen LogP contribution in [-0.2, 0) is 28.3 Å². The molecule has 1 aliphatic carbocycles. The summed E-state index contributed by atoms with van der Waals surface area (Å²) in [4.78, 5) is 29.3. The number of aryl methyl sites for hydroxylation is 1. The first-order chi connectivity index (χ1) is 18.1. The van der Waals surface area contributed by atoms with Crippen LogP contribution in [0.2, 0.25) is 0 Å². The van der Waals surface area contributed by atoms with Crippen LogP contribution in [0.4, 0.5) is 0 Å². The summed E-state index contributed by atoms with van der Waals surface area (Å²) in [5, 5.41) is 3.31. The maximum atomic E-state index is 13.8. The van der Waals surface area contributed by atoms with Gasteiger partial charge < -0.3 is 10.2 Å². The number of hydrogen-bond acceptors (Lipinski definition) is 3. The fourth-order valence-electron chi connectivity index (χ4n) is 4.90. The average molecular weight is 515 g/mol. The van der Waals surface area contributed by atoms with E-state index in [2.05, 4.69) is 36.5 Å². The predicted molar refractivity (Wildman–Crippen MR) is 153 cm³/mol. The zero-order chi connectivity index (χ0) is 25.9. The average Bonchev–Trinajstić information content (AvgIpc) is 2.93. The smallest absolute Gasteiger partial charge is 0.243 e. The summed E-state index contributed by atoms with van der Waals surface area (Å²) in [6.45, 7) is 2.49. The third-order valence-corrected chi connectivity index (χ3v) is 8.02. The van der Waals surface area contributed by atoms with Crippen molar-refractivity contribution in [2.45, 2.75) is 69.8 Å². The molecule has 0 aliphatic heterocycles. The molecule has 37 heavy (non-hydrogen) atoms. The summed E-state index contributed by atoms with van der Waals surface area (Å²) in [6, 6.07) is 28.1. The Labute approximate surface area is 225 Å². The summed E-state index contributed by atoms with van der Waals surface area (Å²) < 4.78 is 0. The Balaban J connectivity index is 1.54. The van der Waals surface area contributed by atoms with Crippen molar-refractivity contribution >= 4 is 23.6 Å². The molecule has 1 N–H and O–H groups in total. The molecule has 1 saturated carbocycles. The number of nitrogens with one attached hydrogen (secondary N) is 1. The van der Waals surface area contributed by atoms with E-state index < -0.39 is 6.04 Å². The highest BCUT2D eigenvalue weighted by Crippen LogP contribution is 2.21. The molecular formula is C32H38N2O2S. The van der Waals surface area contributed by atoms with Gasteiger partial charge in [-0.3, -0.25) is 9.59 Å². The molecule has 5 heteroatoms. The van der Waals surface area contributed by atoms with Gasteiger partial charge in [0.2, 0.25) is 11.8 Å². The Morgan fingerprint density at radius 2 is 1.46 bits per heavy atom. The summed E-state index contributed by atoms with van der Waals surface area (Å²) in [6.07, 6.45) is 6.07. The van der Waals surface area contributed by atoms with Gasteiger partial charge in [0.15, 0.2) is 0 Å². The molecule has 0 heterocycles. The highest BCUT2D eigenvalue weighted by Gasteiger charge is 2.31. The second kappa shape index (κ2) is 14.0. The first kappa shape index (κ1) is 27.0. The van der Waals surface area contributed by atoms with Crippen LogP contribution >= 0.6 is 11.8 Å². The summed E-state index contributed by atoms with van der Waals surface area (Å²) >= 11 is 1.61. The molecule has 1 atom stereocenters. The molecule has 0 unspecified atom stereocenters. The summed E-state index contributed by atoms with van der Waals surface area (Å²) in [7, 11) is 0. The van der Waals surface area contributed by atoms with Crippen LogP contribution in [0.5, 0.6) is 0 Å². The molecule has 3 aromatic rings. The van der Waals surface area contributed by atoms with Crippen LogP contribution in [0.25, 0.3) is 0 Å². The van der Waals surface area contributed by atoms with E-state index in [1.54, 1.807) is 11.8 Å². The summed E-state index contributed by atoms with van der Waals surface area (Å²) in [5.74, 6) is 1.06. The second-order valence-corrected chi connectivity index (χ2v) is 11.0. The SMILES string of the molecule is Cc1ccc(CSCC(=O)N(Cc2ccccc2)[C@@H](Cc2ccccc2)C(=O)NC2CCCCC2)cc1. The van der Waals surface area contributed by atoms with E-state index >= 15 is 0 Å². The number of amides is 2. The Morgan fingerprint density at radius 1 is 0.838 bits per heavy atom. The molecule has 0 radical (unpaired) electrons. The maximum absolute atomic E-state index is 13.8. The van der Waals surface area contributed by atoms with Gasteiger partial charge in [-0.1, -0.05) is 110 Å². The molecule has 0 bridgehead atoms. The molecule has 0 spiro atoms. The van der Waals surface area contributed by atoms with Gasteiger partial charge in [0, 0.05) is 24.8 Å². The minimum absolute atomic E-state index is 0.000639. The molecular weight excluding hydrogens is 476 g/mol. The van der Waals surface area contributed by atoms with E-state index in [0.29, 0.717) is 18.7 Å². The topological polar surface area (TPSA) is 49.4 Å². The van der Waals surface area contributed by atoms with E-state index in [0.717, 1.165) is 42.6 Å². The predicted octanol–water partition coefficient (Wildman–Crippen LogP) is 6.32. The minimum Gasteiger partial charge on any atom is -0.352 e. The van der Waals surface area contributed by atoms with Crippen LogP contribution in [0.3, 0.4) is 0 Å². The Kier molecular flexibility index (Phi) is 10.2. The summed E-state index contributed by atoms with van der Waals surface area (Å²) in [5.41, 5.74) is 4.52. The van der Waals surface area contributed by atoms with Gasteiger partial charge in [0.25, 0.3) is 0 Å². The van der Waals surface area contributed by atoms with Gasteiger partial charge >= 0.3 is 0 Å². The van der Waals surface area contributed by atoms with Crippen molar-refractivity contribution in [2.75, 3.05) is 5.75 Å². The zero-order valence-corrected chi connectivity index (χ0v) is 22.6. The largest absolute Gasteiger partial charge is 0.352 e. The van der Waals surface area contributed by atoms with E-state index in [1.807, 2.05) is 65.6 Å². The van der Waals surface area contributed by atoms with Gasteiger partial charge in [-0.25, -0.2) is 0 Å². The van der Waals surface area contributed by atoms with Crippen LogP contribution < -0.4 is 5.32 Å². The highest BCUT2D eigenvalue weighted by molar-refractivity contribution is 7.99. The van der Waals surface area contributed by atoms with Crippen molar-refractivity contribution in [1.82, 2.24) is 10.2 Å². The lowest BCUT2D eigenvalue weighted by Gasteiger charge is -2.33. The Bertz CT molecular complexity index is 1110. The number of carbonyl (C=O) groups excluding carboxylic acids is 2. The van der Waals surface area contributed by atoms with Gasteiger partial charge in [-0.2, -0.15) is 0 Å². The zero-order valence-electron chi connectivity index (χ0n) is 21.8. The van der Waals surface area contributed by atoms with E-state index in [1.165, 1.54) is 17.5 Å². The van der Waals surface area contributed by atoms with Crippen molar-refractivity contribution in [3.05, 3.63) is 107 Å². The van der Waals surface area contributed by atoms with E-state index in [9.17, 15) is 9.59 Å². The first-order valence-corrected chi connectivity index (χ1v) is 14.5. The molecule has 194 valence electrons. The normalized spacial score (nSPS) is 14.6. The molecule has 3 aromatic carbocycles. The van der Waals surface area contributed by atoms with Gasteiger partial charge in [-0.05, 0) is 36.5 Å². The number of nitrogens with zero attached hydrogens (tertiary/aromatic N) is 1. The number of hydrogen-bond donors (Lipinski definition) is 1. The molecule has 4 rings (SSSR count). The second-order valence-electron chi connectivity index (χ2n) is 10.0. The molecule has 1 fully saturated rings. The highest BCUT2D eigenvalue weighted by atomic mass is 32.2. The van der Waals surface area contributed by atoms with Crippen molar-refractivity contribution in [2.24, 2.45) is 0 Å². The number of rotatable bonds is 11. The Morgan fingerprint density at radius 3 is 2.11 bits per heavy atom. The van der Waals surface area contributed by atoms with E-state index in [4.69, 9.17) is 0 Å². The van der Waals surface area contributed by atoms with Gasteiger partial charge in [0.1, 0.15) is 6.04 Å². The lowest BCUT2D eigenvalue weighted by Crippen LogP contribution is -2.53. The molecule has 2 amide bonds. The molecule has 0 saturated heterocycles. The van der Waals surface area contributed by atoms with Gasteiger partial charge in [0.05, 0.1) is 5.75 Å². The van der Waals surface area contributed by atoms with Crippen molar-refractivity contribution in [1.29, 1.82) is 0 Å². The van der Waals surface area contributed by atoms with Crippen molar-refractivity contribution in [3.8, 4) is 0 Å². The first-order valence-electron chi connectivity index (χ1n) is 13.4. The minimum atomic E-state index is -0.558.